The molecular formula is C30H33N7O. The van der Waals surface area contributed by atoms with Crippen LogP contribution in [0.1, 0.15) is 56.5 Å². The van der Waals surface area contributed by atoms with E-state index in [-0.39, 0.29) is 11.1 Å². The third-order valence-electron chi connectivity index (χ3n) is 6.81. The van der Waals surface area contributed by atoms with Crippen molar-refractivity contribution in [3.63, 3.8) is 0 Å². The first-order valence-electron chi connectivity index (χ1n) is 13.0. The number of rotatable bonds is 7. The maximum atomic E-state index is 13.8. The molecule has 0 aliphatic carbocycles. The molecule has 3 aromatic heterocycles. The van der Waals surface area contributed by atoms with Crippen LogP contribution in [-0.4, -0.2) is 34.7 Å². The molecule has 0 radical (unpaired) electrons. The molecule has 3 heterocycles. The smallest absolute Gasteiger partial charge is 0.292 e. The second-order valence-corrected chi connectivity index (χ2v) is 10.7. The van der Waals surface area contributed by atoms with E-state index in [2.05, 4.69) is 73.4 Å². The lowest BCUT2D eigenvalue weighted by molar-refractivity contribution is 0.583. The molecule has 0 spiro atoms. The summed E-state index contributed by atoms with van der Waals surface area (Å²) in [5.41, 5.74) is 7.67. The molecule has 8 nitrogen and oxygen atoms in total. The number of nitrogens with one attached hydrogen (secondary N) is 1. The summed E-state index contributed by atoms with van der Waals surface area (Å²) in [6, 6.07) is 18.1. The van der Waals surface area contributed by atoms with Gasteiger partial charge >= 0.3 is 5.69 Å². The fourth-order valence-corrected chi connectivity index (χ4v) is 4.93. The summed E-state index contributed by atoms with van der Waals surface area (Å²) < 4.78 is 3.72. The number of hydrogen-bond donors (Lipinski definition) is 1. The molecule has 38 heavy (non-hydrogen) atoms. The van der Waals surface area contributed by atoms with E-state index in [4.69, 9.17) is 4.98 Å². The van der Waals surface area contributed by atoms with Gasteiger partial charge in [-0.05, 0) is 46.7 Å². The second-order valence-electron chi connectivity index (χ2n) is 10.7. The Hall–Kier alpha value is -4.33. The standard InChI is InChI=1S/C30H33N7O/c1-6-10-22-19-37(27-20(2)11-9-14-25(27)30(3,4)5)29(38)36(22)18-21-15-16-26(31-17-21)23-12-7-8-13-24(23)28-32-34-35-33-28/h7-9,11-17,19H,6,10,18H2,1-5H3,(H,32,33,34,35). The minimum absolute atomic E-state index is 0.0280. The van der Waals surface area contributed by atoms with Gasteiger partial charge < -0.3 is 0 Å². The molecule has 1 N–H and O–H groups in total. The number of nitrogens with zero attached hydrogens (tertiary/aromatic N) is 6. The average molecular weight is 508 g/mol. The first-order chi connectivity index (χ1) is 18.3. The normalized spacial score (nSPS) is 11.7. The van der Waals surface area contributed by atoms with Crippen LogP contribution in [0.15, 0.2) is 71.8 Å². The van der Waals surface area contributed by atoms with Crippen molar-refractivity contribution in [2.75, 3.05) is 0 Å². The number of aryl methyl sites for hydroxylation is 2. The Bertz CT molecular complexity index is 1600. The topological polar surface area (TPSA) is 94.3 Å². The summed E-state index contributed by atoms with van der Waals surface area (Å²) in [4.78, 5) is 18.6. The molecule has 0 bridgehead atoms. The SMILES string of the molecule is CCCc1cn(-c2c(C)cccc2C(C)(C)C)c(=O)n1Cc1ccc(-c2ccccc2-c2nn[nH]n2)nc1. The molecule has 5 aromatic rings. The van der Waals surface area contributed by atoms with E-state index in [9.17, 15) is 4.79 Å². The van der Waals surface area contributed by atoms with Crippen LogP contribution in [0.4, 0.5) is 0 Å². The number of para-hydroxylation sites is 1. The van der Waals surface area contributed by atoms with E-state index in [1.807, 2.05) is 57.9 Å². The van der Waals surface area contributed by atoms with E-state index in [1.165, 1.54) is 0 Å². The number of hydrogen-bond acceptors (Lipinski definition) is 5. The predicted octanol–water partition coefficient (Wildman–Crippen LogP) is 5.49. The van der Waals surface area contributed by atoms with Gasteiger partial charge in [-0.3, -0.25) is 14.1 Å². The molecule has 0 unspecified atom stereocenters. The van der Waals surface area contributed by atoms with E-state index in [0.29, 0.717) is 12.4 Å². The van der Waals surface area contributed by atoms with Crippen molar-refractivity contribution < 1.29 is 0 Å². The number of aromatic nitrogens is 7. The van der Waals surface area contributed by atoms with Crippen LogP contribution in [-0.2, 0) is 18.4 Å². The van der Waals surface area contributed by atoms with Gasteiger partial charge in [0.25, 0.3) is 0 Å². The second kappa shape index (κ2) is 10.2. The van der Waals surface area contributed by atoms with Crippen LogP contribution in [0.5, 0.6) is 0 Å². The van der Waals surface area contributed by atoms with Crippen molar-refractivity contribution in [2.24, 2.45) is 0 Å². The van der Waals surface area contributed by atoms with Gasteiger partial charge in [-0.2, -0.15) is 5.21 Å². The first kappa shape index (κ1) is 25.3. The Kier molecular flexibility index (Phi) is 6.80. The lowest BCUT2D eigenvalue weighted by atomic mass is 9.84. The Morgan fingerprint density at radius 1 is 0.974 bits per heavy atom. The molecule has 0 aliphatic rings. The molecule has 2 aromatic carbocycles. The van der Waals surface area contributed by atoms with Crippen molar-refractivity contribution in [2.45, 2.75) is 59.4 Å². The van der Waals surface area contributed by atoms with Crippen molar-refractivity contribution in [1.82, 2.24) is 34.7 Å². The van der Waals surface area contributed by atoms with Crippen LogP contribution in [0.25, 0.3) is 28.3 Å². The van der Waals surface area contributed by atoms with Crippen LogP contribution < -0.4 is 5.69 Å². The number of pyridine rings is 1. The Labute approximate surface area is 222 Å². The number of aromatic amines is 1. The summed E-state index contributed by atoms with van der Waals surface area (Å²) in [5, 5.41) is 14.4. The van der Waals surface area contributed by atoms with Gasteiger partial charge in [-0.25, -0.2) is 4.79 Å². The van der Waals surface area contributed by atoms with Gasteiger partial charge in [0.1, 0.15) is 0 Å². The van der Waals surface area contributed by atoms with E-state index >= 15 is 0 Å². The van der Waals surface area contributed by atoms with Crippen LogP contribution in [0, 0.1) is 6.92 Å². The maximum Gasteiger partial charge on any atom is 0.333 e. The molecule has 0 saturated carbocycles. The van der Waals surface area contributed by atoms with Gasteiger partial charge in [0.05, 0.1) is 17.9 Å². The predicted molar refractivity (Wildman–Crippen MR) is 149 cm³/mol. The number of tetrazole rings is 1. The third kappa shape index (κ3) is 4.81. The van der Waals surface area contributed by atoms with E-state index in [0.717, 1.165) is 57.7 Å². The zero-order valence-electron chi connectivity index (χ0n) is 22.6. The summed E-state index contributed by atoms with van der Waals surface area (Å²) in [7, 11) is 0. The van der Waals surface area contributed by atoms with Crippen molar-refractivity contribution in [1.29, 1.82) is 0 Å². The summed E-state index contributed by atoms with van der Waals surface area (Å²) in [6.07, 6.45) is 5.64. The molecule has 194 valence electrons. The molecule has 0 saturated heterocycles. The Morgan fingerprint density at radius 2 is 1.76 bits per heavy atom. The Balaban J connectivity index is 1.52. The monoisotopic (exact) mass is 507 g/mol. The summed E-state index contributed by atoms with van der Waals surface area (Å²) in [5.74, 6) is 0.523. The molecule has 0 amide bonds. The zero-order valence-corrected chi connectivity index (χ0v) is 22.6. The van der Waals surface area contributed by atoms with Crippen LogP contribution >= 0.6 is 0 Å². The molecular weight excluding hydrogens is 474 g/mol. The summed E-state index contributed by atoms with van der Waals surface area (Å²) >= 11 is 0. The molecule has 0 aliphatic heterocycles. The number of H-pyrrole nitrogens is 1. The van der Waals surface area contributed by atoms with Gasteiger partial charge in [0.15, 0.2) is 0 Å². The van der Waals surface area contributed by atoms with Gasteiger partial charge in [-0.15, -0.1) is 10.2 Å². The van der Waals surface area contributed by atoms with Crippen LogP contribution in [0.2, 0.25) is 0 Å². The Morgan fingerprint density at radius 3 is 2.42 bits per heavy atom. The molecule has 5 rings (SSSR count). The van der Waals surface area contributed by atoms with Crippen molar-refractivity contribution in [3.05, 3.63) is 99.9 Å². The van der Waals surface area contributed by atoms with Crippen LogP contribution in [0.3, 0.4) is 0 Å². The lowest BCUT2D eigenvalue weighted by Crippen LogP contribution is -2.27. The largest absolute Gasteiger partial charge is 0.333 e. The van der Waals surface area contributed by atoms with Gasteiger partial charge in [-0.1, -0.05) is 82.6 Å². The maximum absolute atomic E-state index is 13.8. The zero-order chi connectivity index (χ0) is 26.9. The number of imidazole rings is 1. The highest BCUT2D eigenvalue weighted by molar-refractivity contribution is 5.78. The highest BCUT2D eigenvalue weighted by Gasteiger charge is 2.23. The fraction of sp³-hybridized carbons (Fsp3) is 0.300. The minimum Gasteiger partial charge on any atom is -0.292 e. The van der Waals surface area contributed by atoms with Crippen molar-refractivity contribution >= 4 is 0 Å². The quantitative estimate of drug-likeness (QED) is 0.314. The fourth-order valence-electron chi connectivity index (χ4n) is 4.93. The first-order valence-corrected chi connectivity index (χ1v) is 13.0. The average Bonchev–Trinajstić information content (AvgIpc) is 3.54. The highest BCUT2D eigenvalue weighted by Crippen LogP contribution is 2.31. The third-order valence-corrected chi connectivity index (χ3v) is 6.81. The highest BCUT2D eigenvalue weighted by atomic mass is 16.1. The van der Waals surface area contributed by atoms with E-state index < -0.39 is 0 Å². The molecule has 0 fully saturated rings. The minimum atomic E-state index is -0.0919. The lowest BCUT2D eigenvalue weighted by Gasteiger charge is -2.24. The summed E-state index contributed by atoms with van der Waals surface area (Å²) in [6.45, 7) is 11.2. The molecule has 8 heteroatoms. The van der Waals surface area contributed by atoms with Gasteiger partial charge in [0.2, 0.25) is 5.82 Å². The number of benzene rings is 2. The molecule has 0 atom stereocenters. The van der Waals surface area contributed by atoms with E-state index in [1.54, 1.807) is 0 Å². The van der Waals surface area contributed by atoms with Gasteiger partial charge in [0, 0.05) is 29.2 Å². The van der Waals surface area contributed by atoms with Crippen molar-refractivity contribution in [3.8, 4) is 28.3 Å².